The van der Waals surface area contributed by atoms with E-state index in [0.717, 1.165) is 32.1 Å². The van der Waals surface area contributed by atoms with Crippen molar-refractivity contribution in [1.29, 1.82) is 0 Å². The van der Waals surface area contributed by atoms with E-state index < -0.39 is 0 Å². The average Bonchev–Trinajstić information content (AvgIpc) is 2.80. The summed E-state index contributed by atoms with van der Waals surface area (Å²) in [5.41, 5.74) is 7.11. The normalized spacial score (nSPS) is 12.7. The fraction of sp³-hybridized carbons (Fsp3) is 0.231. The van der Waals surface area contributed by atoms with Crippen molar-refractivity contribution in [2.75, 3.05) is 0 Å². The maximum atomic E-state index is 6.15. The molecule has 1 atom stereocenters. The molecule has 0 fully saturated rings. The molecule has 17 heavy (non-hydrogen) atoms. The SMILES string of the molecule is CCc1ccc(C(N)c2ccc(I)c(Cl)c2)o1. The standard InChI is InChI=1S/C13H13ClINO/c1-2-9-4-6-12(17-9)13(16)8-3-5-11(15)10(14)7-8/h3-7,13H,2,16H2,1H3. The molecule has 0 aliphatic carbocycles. The largest absolute Gasteiger partial charge is 0.464 e. The smallest absolute Gasteiger partial charge is 0.125 e. The molecule has 0 aliphatic heterocycles. The van der Waals surface area contributed by atoms with Gasteiger partial charge in [0.2, 0.25) is 0 Å². The van der Waals surface area contributed by atoms with Crippen molar-refractivity contribution >= 4 is 34.2 Å². The highest BCUT2D eigenvalue weighted by atomic mass is 127. The fourth-order valence-corrected chi connectivity index (χ4v) is 2.15. The summed E-state index contributed by atoms with van der Waals surface area (Å²) in [4.78, 5) is 0. The van der Waals surface area contributed by atoms with Crippen molar-refractivity contribution in [1.82, 2.24) is 0 Å². The molecule has 4 heteroatoms. The molecular weight excluding hydrogens is 349 g/mol. The van der Waals surface area contributed by atoms with Gasteiger partial charge in [0.05, 0.1) is 11.1 Å². The lowest BCUT2D eigenvalue weighted by Gasteiger charge is -2.10. The van der Waals surface area contributed by atoms with Crippen LogP contribution in [0, 0.1) is 3.57 Å². The lowest BCUT2D eigenvalue weighted by Crippen LogP contribution is -2.10. The van der Waals surface area contributed by atoms with Crippen molar-refractivity contribution in [2.24, 2.45) is 5.73 Å². The zero-order valence-electron chi connectivity index (χ0n) is 9.41. The van der Waals surface area contributed by atoms with E-state index in [1.54, 1.807) is 0 Å². The molecule has 2 rings (SSSR count). The van der Waals surface area contributed by atoms with Crippen LogP contribution in [-0.4, -0.2) is 0 Å². The second-order valence-corrected chi connectivity index (χ2v) is 5.38. The van der Waals surface area contributed by atoms with Crippen LogP contribution in [0.4, 0.5) is 0 Å². The number of aryl methyl sites for hydroxylation is 1. The van der Waals surface area contributed by atoms with Gasteiger partial charge in [0.25, 0.3) is 0 Å². The van der Waals surface area contributed by atoms with Crippen LogP contribution in [0.15, 0.2) is 34.7 Å². The quantitative estimate of drug-likeness (QED) is 0.834. The summed E-state index contributed by atoms with van der Waals surface area (Å²) in [7, 11) is 0. The zero-order valence-corrected chi connectivity index (χ0v) is 12.3. The molecule has 0 aliphatic rings. The number of benzene rings is 1. The van der Waals surface area contributed by atoms with Crippen LogP contribution < -0.4 is 5.73 Å². The zero-order chi connectivity index (χ0) is 12.4. The summed E-state index contributed by atoms with van der Waals surface area (Å²) < 4.78 is 6.67. The van der Waals surface area contributed by atoms with Gasteiger partial charge in [-0.15, -0.1) is 0 Å². The molecule has 0 radical (unpaired) electrons. The Morgan fingerprint density at radius 1 is 1.35 bits per heavy atom. The highest BCUT2D eigenvalue weighted by Crippen LogP contribution is 2.26. The molecular formula is C13H13ClINO. The number of furan rings is 1. The van der Waals surface area contributed by atoms with Gasteiger partial charge in [0.1, 0.15) is 11.5 Å². The van der Waals surface area contributed by atoms with Gasteiger partial charge >= 0.3 is 0 Å². The molecule has 2 N–H and O–H groups in total. The minimum atomic E-state index is -0.259. The van der Waals surface area contributed by atoms with Gasteiger partial charge in [-0.25, -0.2) is 0 Å². The summed E-state index contributed by atoms with van der Waals surface area (Å²) >= 11 is 8.28. The summed E-state index contributed by atoms with van der Waals surface area (Å²) in [5, 5.41) is 0.723. The minimum absolute atomic E-state index is 0.259. The highest BCUT2D eigenvalue weighted by Gasteiger charge is 2.14. The van der Waals surface area contributed by atoms with Gasteiger partial charge in [-0.05, 0) is 52.4 Å². The van der Waals surface area contributed by atoms with E-state index in [-0.39, 0.29) is 6.04 Å². The summed E-state index contributed by atoms with van der Waals surface area (Å²) in [6.45, 7) is 2.05. The van der Waals surface area contributed by atoms with Crippen molar-refractivity contribution in [3.8, 4) is 0 Å². The summed E-state index contributed by atoms with van der Waals surface area (Å²) in [6, 6.07) is 9.46. The number of hydrogen-bond donors (Lipinski definition) is 1. The minimum Gasteiger partial charge on any atom is -0.464 e. The van der Waals surface area contributed by atoms with E-state index in [2.05, 4.69) is 29.5 Å². The van der Waals surface area contributed by atoms with E-state index >= 15 is 0 Å². The molecule has 2 aromatic rings. The molecule has 2 nitrogen and oxygen atoms in total. The number of hydrogen-bond acceptors (Lipinski definition) is 2. The Hall–Kier alpha value is -0.520. The van der Waals surface area contributed by atoms with Crippen LogP contribution in [0.3, 0.4) is 0 Å². The Morgan fingerprint density at radius 2 is 2.12 bits per heavy atom. The van der Waals surface area contributed by atoms with E-state index in [1.165, 1.54) is 0 Å². The van der Waals surface area contributed by atoms with Crippen LogP contribution >= 0.6 is 34.2 Å². The first-order valence-electron chi connectivity index (χ1n) is 5.41. The molecule has 0 spiro atoms. The molecule has 1 unspecified atom stereocenters. The predicted octanol–water partition coefficient (Wildman–Crippen LogP) is 4.15. The fourth-order valence-electron chi connectivity index (χ4n) is 1.62. The van der Waals surface area contributed by atoms with Crippen molar-refractivity contribution in [2.45, 2.75) is 19.4 Å². The molecule has 0 bridgehead atoms. The van der Waals surface area contributed by atoms with E-state index in [4.69, 9.17) is 21.8 Å². The van der Waals surface area contributed by atoms with Crippen LogP contribution in [0.25, 0.3) is 0 Å². The Morgan fingerprint density at radius 3 is 2.71 bits per heavy atom. The lowest BCUT2D eigenvalue weighted by atomic mass is 10.1. The lowest BCUT2D eigenvalue weighted by molar-refractivity contribution is 0.454. The van der Waals surface area contributed by atoms with Gasteiger partial charge in [-0.3, -0.25) is 0 Å². The second-order valence-electron chi connectivity index (χ2n) is 3.81. The third-order valence-corrected chi connectivity index (χ3v) is 4.21. The van der Waals surface area contributed by atoms with Gasteiger partial charge in [-0.1, -0.05) is 24.6 Å². The summed E-state index contributed by atoms with van der Waals surface area (Å²) in [6.07, 6.45) is 0.875. The van der Waals surface area contributed by atoms with Gasteiger partial charge in [-0.2, -0.15) is 0 Å². The monoisotopic (exact) mass is 361 g/mol. The van der Waals surface area contributed by atoms with E-state index in [1.807, 2.05) is 30.3 Å². The maximum Gasteiger partial charge on any atom is 0.125 e. The Kier molecular flexibility index (Phi) is 4.12. The Labute approximate surface area is 119 Å². The van der Waals surface area contributed by atoms with E-state index in [9.17, 15) is 0 Å². The number of rotatable bonds is 3. The first-order valence-corrected chi connectivity index (χ1v) is 6.86. The second kappa shape index (κ2) is 5.42. The topological polar surface area (TPSA) is 39.2 Å². The molecule has 1 aromatic heterocycles. The van der Waals surface area contributed by atoms with Crippen LogP contribution in [0.5, 0.6) is 0 Å². The Bertz CT molecular complexity index is 524. The van der Waals surface area contributed by atoms with Crippen LogP contribution in [0.1, 0.15) is 30.0 Å². The van der Waals surface area contributed by atoms with Gasteiger partial charge in [0, 0.05) is 9.99 Å². The van der Waals surface area contributed by atoms with Crippen molar-refractivity contribution < 1.29 is 4.42 Å². The van der Waals surface area contributed by atoms with Crippen molar-refractivity contribution in [3.05, 3.63) is 56.0 Å². The molecule has 0 saturated carbocycles. The molecule has 0 saturated heterocycles. The van der Waals surface area contributed by atoms with Crippen LogP contribution in [-0.2, 0) is 6.42 Å². The average molecular weight is 362 g/mol. The maximum absolute atomic E-state index is 6.15. The molecule has 1 heterocycles. The third-order valence-electron chi connectivity index (χ3n) is 2.64. The predicted molar refractivity (Wildman–Crippen MR) is 78.3 cm³/mol. The molecule has 90 valence electrons. The first-order chi connectivity index (χ1) is 8.11. The van der Waals surface area contributed by atoms with E-state index in [0.29, 0.717) is 0 Å². The van der Waals surface area contributed by atoms with Gasteiger partial charge < -0.3 is 10.2 Å². The third kappa shape index (κ3) is 2.84. The van der Waals surface area contributed by atoms with Gasteiger partial charge in [0.15, 0.2) is 0 Å². The summed E-state index contributed by atoms with van der Waals surface area (Å²) in [5.74, 6) is 1.73. The molecule has 0 amide bonds. The van der Waals surface area contributed by atoms with Crippen LogP contribution in [0.2, 0.25) is 5.02 Å². The number of halogens is 2. The number of nitrogens with two attached hydrogens (primary N) is 1. The molecule has 1 aromatic carbocycles. The van der Waals surface area contributed by atoms with Crippen molar-refractivity contribution in [3.63, 3.8) is 0 Å². The first kappa shape index (κ1) is 12.9. The highest BCUT2D eigenvalue weighted by molar-refractivity contribution is 14.1. The Balaban J connectivity index is 2.29.